The number of urea groups is 1. The normalized spacial score (nSPS) is 20.2. The first-order valence-electron chi connectivity index (χ1n) is 15.5. The second kappa shape index (κ2) is 13.7. The molecule has 1 aromatic heterocycles. The van der Waals surface area contributed by atoms with E-state index in [0.717, 1.165) is 82.4 Å². The number of benzene rings is 2. The number of piperazine rings is 1. The van der Waals surface area contributed by atoms with Crippen molar-refractivity contribution in [2.75, 3.05) is 86.1 Å². The summed E-state index contributed by atoms with van der Waals surface area (Å²) in [5.74, 6) is 2.39. The molecule has 3 aliphatic heterocycles. The van der Waals surface area contributed by atoms with E-state index in [9.17, 15) is 4.79 Å². The van der Waals surface area contributed by atoms with E-state index in [1.807, 2.05) is 36.4 Å². The number of aromatic nitrogens is 3. The molecule has 2 N–H and O–H groups in total. The van der Waals surface area contributed by atoms with Crippen LogP contribution in [0.15, 0.2) is 48.5 Å². The van der Waals surface area contributed by atoms with Crippen LogP contribution in [0.2, 0.25) is 0 Å². The highest BCUT2D eigenvalue weighted by molar-refractivity contribution is 5.99. The van der Waals surface area contributed by atoms with Gasteiger partial charge in [-0.05, 0) is 74.8 Å². The Morgan fingerprint density at radius 3 is 2.16 bits per heavy atom. The number of anilines is 4. The predicted molar refractivity (Wildman–Crippen MR) is 169 cm³/mol. The maximum Gasteiger partial charge on any atom is 0.323 e. The molecule has 0 unspecified atom stereocenters. The lowest BCUT2D eigenvalue weighted by Crippen LogP contribution is -2.46. The second-order valence-electron chi connectivity index (χ2n) is 11.4. The maximum absolute atomic E-state index is 12.8. The smallest absolute Gasteiger partial charge is 0.323 e. The maximum atomic E-state index is 12.8. The molecule has 11 nitrogen and oxygen atoms in total. The van der Waals surface area contributed by atoms with E-state index in [1.165, 1.54) is 5.69 Å². The van der Waals surface area contributed by atoms with Gasteiger partial charge in [0, 0.05) is 74.5 Å². The largest absolute Gasteiger partial charge is 0.381 e. The van der Waals surface area contributed by atoms with E-state index >= 15 is 0 Å². The van der Waals surface area contributed by atoms with E-state index in [4.69, 9.17) is 24.4 Å². The molecule has 3 saturated heterocycles. The number of hydrogen-bond donors (Lipinski definition) is 2. The number of rotatable bonds is 7. The minimum absolute atomic E-state index is 0.185. The summed E-state index contributed by atoms with van der Waals surface area (Å²) in [6, 6.07) is 15.6. The molecule has 3 aliphatic rings. The summed E-state index contributed by atoms with van der Waals surface area (Å²) in [6.45, 7) is 13.1. The molecule has 4 heterocycles. The van der Waals surface area contributed by atoms with Gasteiger partial charge >= 0.3 is 6.03 Å². The van der Waals surface area contributed by atoms with Crippen LogP contribution in [0.25, 0.3) is 11.4 Å². The average Bonchev–Trinajstić information content (AvgIpc) is 3.06. The van der Waals surface area contributed by atoms with Gasteiger partial charge < -0.3 is 34.8 Å². The highest BCUT2D eigenvalue weighted by atomic mass is 16.5. The topological polar surface area (TPSA) is 108 Å². The van der Waals surface area contributed by atoms with E-state index in [1.54, 1.807) is 0 Å². The van der Waals surface area contributed by atoms with Crippen molar-refractivity contribution in [2.45, 2.75) is 38.6 Å². The summed E-state index contributed by atoms with van der Waals surface area (Å²) in [4.78, 5) is 34.5. The number of hydrogen-bond acceptors (Lipinski definition) is 9. The molecule has 43 heavy (non-hydrogen) atoms. The molecular formula is C32H42N8O3. The Hall–Kier alpha value is -3.80. The van der Waals surface area contributed by atoms with Crippen molar-refractivity contribution in [3.63, 3.8) is 0 Å². The minimum atomic E-state index is -0.289. The predicted octanol–water partition coefficient (Wildman–Crippen LogP) is 4.44. The van der Waals surface area contributed by atoms with Gasteiger partial charge in [-0.2, -0.15) is 9.97 Å². The van der Waals surface area contributed by atoms with Gasteiger partial charge in [0.25, 0.3) is 0 Å². The van der Waals surface area contributed by atoms with Crippen molar-refractivity contribution in [1.82, 2.24) is 19.9 Å². The van der Waals surface area contributed by atoms with E-state index in [-0.39, 0.29) is 18.0 Å². The monoisotopic (exact) mass is 586 g/mol. The summed E-state index contributed by atoms with van der Waals surface area (Å²) in [6.07, 6.45) is 1.80. The quantitative estimate of drug-likeness (QED) is 0.415. The summed E-state index contributed by atoms with van der Waals surface area (Å²) in [5.41, 5.74) is 3.49. The number of amides is 2. The number of carbonyl (C=O) groups excluding carboxylic acids is 1. The minimum Gasteiger partial charge on any atom is -0.381 e. The molecule has 228 valence electrons. The van der Waals surface area contributed by atoms with Gasteiger partial charge in [0.05, 0.1) is 19.3 Å². The van der Waals surface area contributed by atoms with E-state index < -0.39 is 0 Å². The van der Waals surface area contributed by atoms with Crippen molar-refractivity contribution in [3.05, 3.63) is 54.4 Å². The van der Waals surface area contributed by atoms with Gasteiger partial charge in [0.2, 0.25) is 5.95 Å². The first-order valence-corrected chi connectivity index (χ1v) is 15.5. The molecule has 0 radical (unpaired) electrons. The van der Waals surface area contributed by atoms with Crippen LogP contribution < -0.4 is 20.4 Å². The highest BCUT2D eigenvalue weighted by Crippen LogP contribution is 2.29. The Labute approximate surface area is 253 Å². The Balaban J connectivity index is 1.11. The highest BCUT2D eigenvalue weighted by Gasteiger charge is 2.26. The van der Waals surface area contributed by atoms with E-state index in [0.29, 0.717) is 30.7 Å². The molecule has 2 amide bonds. The third-order valence-corrected chi connectivity index (χ3v) is 8.56. The van der Waals surface area contributed by atoms with Gasteiger partial charge in [-0.1, -0.05) is 6.92 Å². The standard InChI is InChI=1S/C32H42N8O3/c1-3-38-14-16-39(17-15-38)28-10-8-27(9-11-28)34-32(41)33-26-6-4-24(5-7-26)29-35-30(25-12-19-42-20-13-25)37-31(36-29)40-18-21-43-22-23(40)2/h4-11,23,25H,3,12-22H2,1-2H3,(H2,33,34,41)/t23-/m1/s1. The van der Waals surface area contributed by atoms with Crippen molar-refractivity contribution < 1.29 is 14.3 Å². The molecule has 0 bridgehead atoms. The van der Waals surface area contributed by atoms with Crippen LogP contribution in [0.1, 0.15) is 38.4 Å². The van der Waals surface area contributed by atoms with Crippen LogP contribution in [0.5, 0.6) is 0 Å². The number of likely N-dealkylation sites (N-methyl/N-ethyl adjacent to an activating group) is 1. The van der Waals surface area contributed by atoms with Crippen molar-refractivity contribution in [2.24, 2.45) is 0 Å². The van der Waals surface area contributed by atoms with Crippen LogP contribution in [-0.4, -0.2) is 97.6 Å². The average molecular weight is 587 g/mol. The third kappa shape index (κ3) is 7.23. The molecule has 1 atom stereocenters. The Bertz CT molecular complexity index is 1360. The Kier molecular flexibility index (Phi) is 9.30. The number of carbonyl (C=O) groups is 1. The number of nitrogens with one attached hydrogen (secondary N) is 2. The number of nitrogens with zero attached hydrogens (tertiary/aromatic N) is 6. The third-order valence-electron chi connectivity index (χ3n) is 8.56. The van der Waals surface area contributed by atoms with Crippen LogP contribution in [0, 0.1) is 0 Å². The van der Waals surface area contributed by atoms with Crippen LogP contribution in [0.4, 0.5) is 27.8 Å². The zero-order valence-electron chi connectivity index (χ0n) is 25.2. The van der Waals surface area contributed by atoms with Gasteiger partial charge in [0.15, 0.2) is 5.82 Å². The van der Waals surface area contributed by atoms with Gasteiger partial charge in [-0.15, -0.1) is 0 Å². The summed E-state index contributed by atoms with van der Waals surface area (Å²) >= 11 is 0. The molecular weight excluding hydrogens is 544 g/mol. The van der Waals surface area contributed by atoms with Gasteiger partial charge in [-0.3, -0.25) is 0 Å². The molecule has 3 aromatic rings. The molecule has 2 aromatic carbocycles. The Morgan fingerprint density at radius 1 is 0.837 bits per heavy atom. The SMILES string of the molecule is CCN1CCN(c2ccc(NC(=O)Nc3ccc(-c4nc(C5CCOCC5)nc(N5CCOC[C@H]5C)n4)cc3)cc2)CC1. The lowest BCUT2D eigenvalue weighted by molar-refractivity contribution is 0.0834. The first-order chi connectivity index (χ1) is 21.1. The lowest BCUT2D eigenvalue weighted by atomic mass is 9.99. The fraction of sp³-hybridized carbons (Fsp3) is 0.500. The van der Waals surface area contributed by atoms with Gasteiger partial charge in [-0.25, -0.2) is 9.78 Å². The molecule has 6 rings (SSSR count). The lowest BCUT2D eigenvalue weighted by Gasteiger charge is -2.35. The second-order valence-corrected chi connectivity index (χ2v) is 11.4. The van der Waals surface area contributed by atoms with Gasteiger partial charge in [0.1, 0.15) is 5.82 Å². The fourth-order valence-electron chi connectivity index (χ4n) is 5.87. The molecule has 3 fully saturated rings. The van der Waals surface area contributed by atoms with Crippen LogP contribution in [0.3, 0.4) is 0 Å². The first kappa shape index (κ1) is 29.3. The van der Waals surface area contributed by atoms with Crippen molar-refractivity contribution >= 4 is 29.0 Å². The molecule has 11 heteroatoms. The summed E-state index contributed by atoms with van der Waals surface area (Å²) in [5, 5.41) is 5.87. The van der Waals surface area contributed by atoms with E-state index in [2.05, 4.69) is 51.3 Å². The zero-order chi connectivity index (χ0) is 29.6. The number of ether oxygens (including phenoxy) is 2. The van der Waals surface area contributed by atoms with Crippen molar-refractivity contribution in [1.29, 1.82) is 0 Å². The van der Waals surface area contributed by atoms with Crippen LogP contribution >= 0.6 is 0 Å². The summed E-state index contributed by atoms with van der Waals surface area (Å²) in [7, 11) is 0. The fourth-order valence-corrected chi connectivity index (χ4v) is 5.87. The van der Waals surface area contributed by atoms with Crippen LogP contribution in [-0.2, 0) is 9.47 Å². The van der Waals surface area contributed by atoms with Crippen molar-refractivity contribution in [3.8, 4) is 11.4 Å². The zero-order valence-corrected chi connectivity index (χ0v) is 25.2. The molecule has 0 spiro atoms. The summed E-state index contributed by atoms with van der Waals surface area (Å²) < 4.78 is 11.2. The molecule has 0 aliphatic carbocycles. The molecule has 0 saturated carbocycles. The number of morpholine rings is 1. The Morgan fingerprint density at radius 2 is 1.51 bits per heavy atom.